The predicted octanol–water partition coefficient (Wildman–Crippen LogP) is 3.38. The number of thiophene rings is 1. The predicted molar refractivity (Wildman–Crippen MR) is 122 cm³/mol. The summed E-state index contributed by atoms with van der Waals surface area (Å²) in [4.78, 5) is 31.8. The van der Waals surface area contributed by atoms with Gasteiger partial charge in [-0.1, -0.05) is 34.9 Å². The first kappa shape index (κ1) is 20.8. The van der Waals surface area contributed by atoms with Crippen molar-refractivity contribution in [1.29, 1.82) is 0 Å². The summed E-state index contributed by atoms with van der Waals surface area (Å²) >= 11 is 5.47. The highest BCUT2D eigenvalue weighted by Gasteiger charge is 2.12. The number of methoxy groups -OCH3 is 1. The number of rotatable bonds is 8. The van der Waals surface area contributed by atoms with E-state index in [1.54, 1.807) is 7.11 Å². The molecule has 3 aromatic heterocycles. The summed E-state index contributed by atoms with van der Waals surface area (Å²) in [6.45, 7) is 0. The van der Waals surface area contributed by atoms with E-state index in [9.17, 15) is 9.59 Å². The molecule has 0 saturated heterocycles. The third-order valence-corrected chi connectivity index (χ3v) is 8.26. The maximum atomic E-state index is 12.5. The summed E-state index contributed by atoms with van der Waals surface area (Å²) in [5.74, 6) is 1.57. The van der Waals surface area contributed by atoms with Gasteiger partial charge in [0, 0.05) is 4.88 Å². The van der Waals surface area contributed by atoms with E-state index in [1.165, 1.54) is 46.2 Å². The van der Waals surface area contributed by atoms with E-state index in [4.69, 9.17) is 10.5 Å². The Kier molecular flexibility index (Phi) is 6.37. The average molecular weight is 478 g/mol. The van der Waals surface area contributed by atoms with E-state index >= 15 is 0 Å². The molecule has 30 heavy (non-hydrogen) atoms. The van der Waals surface area contributed by atoms with Crippen LogP contribution in [0, 0.1) is 0 Å². The number of hydrogen-bond acceptors (Lipinski definition) is 10. The van der Waals surface area contributed by atoms with E-state index in [1.807, 2.05) is 30.3 Å². The van der Waals surface area contributed by atoms with Gasteiger partial charge in [-0.25, -0.2) is 4.98 Å². The number of aromatic nitrogens is 4. The first-order valence-electron chi connectivity index (χ1n) is 8.56. The van der Waals surface area contributed by atoms with Gasteiger partial charge >= 0.3 is 0 Å². The third kappa shape index (κ3) is 4.83. The maximum absolute atomic E-state index is 12.5. The zero-order valence-electron chi connectivity index (χ0n) is 15.6. The number of nitrogens with two attached hydrogens (primary N) is 1. The number of carbonyl (C=O) groups excluding carboxylic acids is 1. The number of fused-ring (bicyclic) bond motifs is 1. The lowest BCUT2D eigenvalue weighted by Crippen LogP contribution is -2.12. The van der Waals surface area contributed by atoms with Crippen molar-refractivity contribution in [1.82, 2.24) is 20.2 Å². The molecule has 4 rings (SSSR count). The highest BCUT2D eigenvalue weighted by Crippen LogP contribution is 2.33. The molecule has 3 N–H and O–H groups in total. The molecule has 0 spiro atoms. The van der Waals surface area contributed by atoms with Crippen molar-refractivity contribution in [3.8, 4) is 16.2 Å². The quantitative estimate of drug-likeness (QED) is 0.370. The van der Waals surface area contributed by atoms with E-state index < -0.39 is 5.91 Å². The Morgan fingerprint density at radius 1 is 1.17 bits per heavy atom. The Balaban J connectivity index is 1.50. The molecule has 1 amide bonds. The van der Waals surface area contributed by atoms with Gasteiger partial charge in [0.05, 0.1) is 24.1 Å². The number of nitrogens with zero attached hydrogens (tertiary/aromatic N) is 3. The molecule has 0 radical (unpaired) electrons. The van der Waals surface area contributed by atoms with E-state index in [2.05, 4.69) is 20.2 Å². The van der Waals surface area contributed by atoms with E-state index in [-0.39, 0.29) is 11.3 Å². The molecular formula is C18H15N5O3S4. The Bertz CT molecular complexity index is 1250. The number of ether oxygens (including phenoxy) is 1. The molecule has 0 bridgehead atoms. The minimum Gasteiger partial charge on any atom is -0.497 e. The van der Waals surface area contributed by atoms with Crippen molar-refractivity contribution in [3.05, 3.63) is 46.5 Å². The van der Waals surface area contributed by atoms with Gasteiger partial charge < -0.3 is 15.5 Å². The Hall–Kier alpha value is -2.41. The van der Waals surface area contributed by atoms with Gasteiger partial charge in [0.15, 0.2) is 8.68 Å². The monoisotopic (exact) mass is 477 g/mol. The summed E-state index contributed by atoms with van der Waals surface area (Å²) in [6.07, 6.45) is 0. The smallest absolute Gasteiger partial charge is 0.268 e. The van der Waals surface area contributed by atoms with Gasteiger partial charge in [-0.05, 0) is 35.9 Å². The van der Waals surface area contributed by atoms with Gasteiger partial charge in [-0.15, -0.1) is 21.5 Å². The normalized spacial score (nSPS) is 11.1. The number of thioether (sulfide) groups is 2. The van der Waals surface area contributed by atoms with Crippen LogP contribution in [0.2, 0.25) is 0 Å². The van der Waals surface area contributed by atoms with Crippen LogP contribution >= 0.6 is 46.2 Å². The molecule has 3 heterocycles. The molecule has 0 fully saturated rings. The molecule has 0 atom stereocenters. The zero-order chi connectivity index (χ0) is 21.1. The molecule has 0 aliphatic heterocycles. The van der Waals surface area contributed by atoms with Crippen LogP contribution in [-0.2, 0) is 10.5 Å². The second-order valence-electron chi connectivity index (χ2n) is 5.94. The van der Waals surface area contributed by atoms with Crippen LogP contribution < -0.4 is 16.0 Å². The van der Waals surface area contributed by atoms with Gasteiger partial charge in [0.2, 0.25) is 5.91 Å². The summed E-state index contributed by atoms with van der Waals surface area (Å²) in [5.41, 5.74) is 6.65. The van der Waals surface area contributed by atoms with Gasteiger partial charge in [0.1, 0.15) is 16.3 Å². The largest absolute Gasteiger partial charge is 0.497 e. The first-order valence-corrected chi connectivity index (χ1v) is 12.2. The van der Waals surface area contributed by atoms with Gasteiger partial charge in [-0.3, -0.25) is 9.59 Å². The molecule has 154 valence electrons. The Morgan fingerprint density at radius 3 is 2.60 bits per heavy atom. The van der Waals surface area contributed by atoms with Crippen LogP contribution in [-0.4, -0.2) is 38.9 Å². The molecule has 0 aliphatic carbocycles. The number of nitrogens with one attached hydrogen (secondary N) is 1. The van der Waals surface area contributed by atoms with Gasteiger partial charge in [0.25, 0.3) is 5.56 Å². The molecule has 0 unspecified atom stereocenters. The summed E-state index contributed by atoms with van der Waals surface area (Å²) in [7, 11) is 1.62. The van der Waals surface area contributed by atoms with Crippen molar-refractivity contribution in [2.75, 3.05) is 12.9 Å². The van der Waals surface area contributed by atoms with Gasteiger partial charge in [-0.2, -0.15) is 0 Å². The second kappa shape index (κ2) is 9.16. The van der Waals surface area contributed by atoms with Crippen LogP contribution in [0.5, 0.6) is 5.75 Å². The van der Waals surface area contributed by atoms with Crippen LogP contribution in [0.25, 0.3) is 20.7 Å². The molecule has 0 saturated carbocycles. The second-order valence-corrected chi connectivity index (χ2v) is 10.4. The molecule has 4 aromatic rings. The maximum Gasteiger partial charge on any atom is 0.268 e. The standard InChI is InChI=1S/C18H15N5O3S4/c1-26-10-4-2-9(3-5-10)12-6-11-15(29-12)16(25)21-14(20-11)8-28-18-23-22-17(30-18)27-7-13(19)24/h2-6H,7-8H2,1H3,(H2,19,24)(H,20,21,25). The number of H-pyrrole nitrogens is 1. The minimum absolute atomic E-state index is 0.157. The van der Waals surface area contributed by atoms with Crippen molar-refractivity contribution >= 4 is 62.3 Å². The van der Waals surface area contributed by atoms with Crippen LogP contribution in [0.1, 0.15) is 5.82 Å². The Labute approximate surface area is 187 Å². The summed E-state index contributed by atoms with van der Waals surface area (Å²) in [6, 6.07) is 9.61. The lowest BCUT2D eigenvalue weighted by atomic mass is 10.2. The fraction of sp³-hybridized carbons (Fsp3) is 0.167. The molecule has 12 heteroatoms. The third-order valence-electron chi connectivity index (χ3n) is 3.86. The molecule has 0 aliphatic rings. The molecule has 8 nitrogen and oxygen atoms in total. The number of aromatic amines is 1. The van der Waals surface area contributed by atoms with Crippen molar-refractivity contribution in [3.63, 3.8) is 0 Å². The number of hydrogen-bond donors (Lipinski definition) is 2. The molecular weight excluding hydrogens is 462 g/mol. The minimum atomic E-state index is -0.399. The number of benzene rings is 1. The zero-order valence-corrected chi connectivity index (χ0v) is 18.8. The average Bonchev–Trinajstić information content (AvgIpc) is 3.38. The fourth-order valence-electron chi connectivity index (χ4n) is 2.53. The highest BCUT2D eigenvalue weighted by atomic mass is 32.2. The topological polar surface area (TPSA) is 124 Å². The lowest BCUT2D eigenvalue weighted by Gasteiger charge is -2.00. The molecule has 1 aromatic carbocycles. The van der Waals surface area contributed by atoms with Crippen LogP contribution in [0.4, 0.5) is 0 Å². The fourth-order valence-corrected chi connectivity index (χ4v) is 6.16. The van der Waals surface area contributed by atoms with E-state index in [0.717, 1.165) is 20.5 Å². The highest BCUT2D eigenvalue weighted by molar-refractivity contribution is 8.03. The number of carbonyl (C=O) groups is 1. The summed E-state index contributed by atoms with van der Waals surface area (Å²) in [5, 5.41) is 8.10. The van der Waals surface area contributed by atoms with E-state index in [0.29, 0.717) is 26.1 Å². The van der Waals surface area contributed by atoms with Crippen molar-refractivity contribution in [2.45, 2.75) is 14.4 Å². The van der Waals surface area contributed by atoms with Crippen LogP contribution in [0.3, 0.4) is 0 Å². The summed E-state index contributed by atoms with van der Waals surface area (Å²) < 4.78 is 7.19. The Morgan fingerprint density at radius 2 is 1.90 bits per heavy atom. The van der Waals surface area contributed by atoms with Crippen molar-refractivity contribution < 1.29 is 9.53 Å². The lowest BCUT2D eigenvalue weighted by molar-refractivity contribution is -0.115. The number of primary amides is 1. The number of amides is 1. The van der Waals surface area contributed by atoms with Crippen LogP contribution in [0.15, 0.2) is 43.8 Å². The first-order chi connectivity index (χ1) is 14.5. The van der Waals surface area contributed by atoms with Crippen molar-refractivity contribution in [2.24, 2.45) is 5.73 Å². The SMILES string of the molecule is COc1ccc(-c2cc3nc(CSc4nnc(SCC(N)=O)s4)[nH]c(=O)c3s2)cc1.